The highest BCUT2D eigenvalue weighted by Gasteiger charge is 2.21. The van der Waals surface area contributed by atoms with Crippen molar-refractivity contribution < 1.29 is 14.6 Å². The number of benzene rings is 1. The quantitative estimate of drug-likeness (QED) is 0.834. The zero-order chi connectivity index (χ0) is 16.7. The molecule has 0 spiro atoms. The molecular formula is C17H23N3O3. The zero-order valence-corrected chi connectivity index (χ0v) is 13.4. The van der Waals surface area contributed by atoms with E-state index in [0.717, 1.165) is 18.7 Å². The van der Waals surface area contributed by atoms with E-state index in [0.29, 0.717) is 31.8 Å². The van der Waals surface area contributed by atoms with Gasteiger partial charge in [0, 0.05) is 32.7 Å². The Hall–Kier alpha value is -2.10. The van der Waals surface area contributed by atoms with E-state index in [1.54, 1.807) is 24.0 Å². The molecular weight excluding hydrogens is 294 g/mol. The first-order valence-electron chi connectivity index (χ1n) is 7.85. The minimum Gasteiger partial charge on any atom is -0.484 e. The standard InChI is InChI=1S/C17H23N3O3/c1-14(21)12-19-8-10-20(11-9-19)17(22)13-23-16-4-2-15(3-5-16)6-7-18/h2-5,14,21H,6,8-13H2,1H3. The van der Waals surface area contributed by atoms with E-state index in [4.69, 9.17) is 10.00 Å². The minimum absolute atomic E-state index is 0.0218. The number of rotatable bonds is 6. The summed E-state index contributed by atoms with van der Waals surface area (Å²) in [7, 11) is 0. The average Bonchev–Trinajstić information content (AvgIpc) is 2.54. The normalized spacial score (nSPS) is 16.7. The number of piperazine rings is 1. The lowest BCUT2D eigenvalue weighted by Crippen LogP contribution is -2.51. The number of hydrogen-bond donors (Lipinski definition) is 1. The molecule has 1 aliphatic rings. The highest BCUT2D eigenvalue weighted by Crippen LogP contribution is 2.13. The van der Waals surface area contributed by atoms with E-state index in [-0.39, 0.29) is 18.6 Å². The first-order valence-corrected chi connectivity index (χ1v) is 7.85. The molecule has 6 heteroatoms. The molecule has 6 nitrogen and oxygen atoms in total. The lowest BCUT2D eigenvalue weighted by atomic mass is 10.2. The van der Waals surface area contributed by atoms with Crippen LogP contribution in [0, 0.1) is 11.3 Å². The topological polar surface area (TPSA) is 76.8 Å². The summed E-state index contributed by atoms with van der Waals surface area (Å²) in [5.41, 5.74) is 0.931. The van der Waals surface area contributed by atoms with Gasteiger partial charge in [-0.15, -0.1) is 0 Å². The van der Waals surface area contributed by atoms with E-state index in [1.165, 1.54) is 0 Å². The molecule has 1 heterocycles. The predicted octanol–water partition coefficient (Wildman–Crippen LogP) is 0.656. The van der Waals surface area contributed by atoms with Gasteiger partial charge in [0.25, 0.3) is 5.91 Å². The van der Waals surface area contributed by atoms with Crippen molar-refractivity contribution in [2.75, 3.05) is 39.3 Å². The van der Waals surface area contributed by atoms with Gasteiger partial charge in [0.15, 0.2) is 6.61 Å². The molecule has 2 rings (SSSR count). The fourth-order valence-corrected chi connectivity index (χ4v) is 2.58. The molecule has 1 atom stereocenters. The fraction of sp³-hybridized carbons (Fsp3) is 0.529. The largest absolute Gasteiger partial charge is 0.484 e. The van der Waals surface area contributed by atoms with Crippen molar-refractivity contribution in [2.45, 2.75) is 19.4 Å². The molecule has 0 aromatic heterocycles. The van der Waals surface area contributed by atoms with Crippen LogP contribution >= 0.6 is 0 Å². The number of β-amino-alcohol motifs (C(OH)–C–C–N with tert-alkyl or cyclic N) is 1. The molecule has 1 aliphatic heterocycles. The Balaban J connectivity index is 1.74. The number of carbonyl (C=O) groups excluding carboxylic acids is 1. The molecule has 1 amide bonds. The summed E-state index contributed by atoms with van der Waals surface area (Å²) >= 11 is 0. The maximum absolute atomic E-state index is 12.2. The van der Waals surface area contributed by atoms with Crippen LogP contribution in [0.3, 0.4) is 0 Å². The maximum Gasteiger partial charge on any atom is 0.260 e. The van der Waals surface area contributed by atoms with Gasteiger partial charge in [0.05, 0.1) is 18.6 Å². The van der Waals surface area contributed by atoms with Gasteiger partial charge in [-0.1, -0.05) is 12.1 Å². The molecule has 1 fully saturated rings. The SMILES string of the molecule is CC(O)CN1CCN(C(=O)COc2ccc(CC#N)cc2)CC1. The Morgan fingerprint density at radius 3 is 2.52 bits per heavy atom. The van der Waals surface area contributed by atoms with Gasteiger partial charge in [0.1, 0.15) is 5.75 Å². The van der Waals surface area contributed by atoms with Crippen molar-refractivity contribution in [3.8, 4) is 11.8 Å². The molecule has 1 saturated heterocycles. The second-order valence-corrected chi connectivity index (χ2v) is 5.80. The molecule has 0 radical (unpaired) electrons. The number of ether oxygens (including phenoxy) is 1. The number of nitriles is 1. The second kappa shape index (κ2) is 8.51. The van der Waals surface area contributed by atoms with Gasteiger partial charge in [-0.25, -0.2) is 0 Å². The highest BCUT2D eigenvalue weighted by atomic mass is 16.5. The smallest absolute Gasteiger partial charge is 0.260 e. The lowest BCUT2D eigenvalue weighted by Gasteiger charge is -2.35. The number of aliphatic hydroxyl groups excluding tert-OH is 1. The van der Waals surface area contributed by atoms with Crippen LogP contribution in [0.25, 0.3) is 0 Å². The van der Waals surface area contributed by atoms with Crippen LogP contribution < -0.4 is 4.74 Å². The van der Waals surface area contributed by atoms with E-state index in [2.05, 4.69) is 11.0 Å². The van der Waals surface area contributed by atoms with Crippen LogP contribution in [0.2, 0.25) is 0 Å². The van der Waals surface area contributed by atoms with Gasteiger partial charge in [-0.05, 0) is 24.6 Å². The Bertz CT molecular complexity index is 543. The molecule has 23 heavy (non-hydrogen) atoms. The number of amides is 1. The van der Waals surface area contributed by atoms with Crippen LogP contribution in [-0.4, -0.2) is 66.2 Å². The van der Waals surface area contributed by atoms with Crippen LogP contribution in [0.1, 0.15) is 12.5 Å². The van der Waals surface area contributed by atoms with E-state index in [9.17, 15) is 9.90 Å². The van der Waals surface area contributed by atoms with Gasteiger partial charge in [-0.3, -0.25) is 9.69 Å². The Morgan fingerprint density at radius 1 is 1.30 bits per heavy atom. The van der Waals surface area contributed by atoms with Gasteiger partial charge in [-0.2, -0.15) is 5.26 Å². The Labute approximate surface area is 136 Å². The third-order valence-electron chi connectivity index (χ3n) is 3.82. The molecule has 1 aromatic rings. The predicted molar refractivity (Wildman–Crippen MR) is 86.0 cm³/mol. The van der Waals surface area contributed by atoms with Crippen molar-refractivity contribution in [2.24, 2.45) is 0 Å². The number of hydrogen-bond acceptors (Lipinski definition) is 5. The third kappa shape index (κ3) is 5.55. The van der Waals surface area contributed by atoms with Crippen molar-refractivity contribution in [1.82, 2.24) is 9.80 Å². The van der Waals surface area contributed by atoms with E-state index in [1.807, 2.05) is 12.1 Å². The molecule has 0 aliphatic carbocycles. The number of carbonyl (C=O) groups is 1. The maximum atomic E-state index is 12.2. The number of aliphatic hydroxyl groups is 1. The van der Waals surface area contributed by atoms with Crippen LogP contribution in [-0.2, 0) is 11.2 Å². The van der Waals surface area contributed by atoms with Crippen molar-refractivity contribution in [3.05, 3.63) is 29.8 Å². The minimum atomic E-state index is -0.343. The van der Waals surface area contributed by atoms with Gasteiger partial charge in [0.2, 0.25) is 0 Å². The monoisotopic (exact) mass is 317 g/mol. The summed E-state index contributed by atoms with van der Waals surface area (Å²) in [6.45, 7) is 5.32. The molecule has 0 bridgehead atoms. The van der Waals surface area contributed by atoms with Crippen LogP contribution in [0.5, 0.6) is 5.75 Å². The summed E-state index contributed by atoms with van der Waals surface area (Å²) in [6, 6.07) is 9.31. The fourth-order valence-electron chi connectivity index (χ4n) is 2.58. The molecule has 124 valence electrons. The zero-order valence-electron chi connectivity index (χ0n) is 13.4. The van der Waals surface area contributed by atoms with E-state index >= 15 is 0 Å². The first-order chi connectivity index (χ1) is 11.1. The Morgan fingerprint density at radius 2 is 1.96 bits per heavy atom. The first kappa shape index (κ1) is 17.3. The Kier molecular flexibility index (Phi) is 6.39. The summed E-state index contributed by atoms with van der Waals surface area (Å²) in [5, 5.41) is 18.0. The molecule has 0 saturated carbocycles. The van der Waals surface area contributed by atoms with Crippen LogP contribution in [0.4, 0.5) is 0 Å². The molecule has 1 aromatic carbocycles. The summed E-state index contributed by atoms with van der Waals surface area (Å²) < 4.78 is 5.52. The average molecular weight is 317 g/mol. The van der Waals surface area contributed by atoms with Crippen molar-refractivity contribution >= 4 is 5.91 Å². The third-order valence-corrected chi connectivity index (χ3v) is 3.82. The van der Waals surface area contributed by atoms with Crippen molar-refractivity contribution in [3.63, 3.8) is 0 Å². The lowest BCUT2D eigenvalue weighted by molar-refractivity contribution is -0.135. The second-order valence-electron chi connectivity index (χ2n) is 5.80. The summed E-state index contributed by atoms with van der Waals surface area (Å²) in [5.74, 6) is 0.607. The van der Waals surface area contributed by atoms with Gasteiger partial charge >= 0.3 is 0 Å². The molecule has 1 N–H and O–H groups in total. The van der Waals surface area contributed by atoms with Crippen LogP contribution in [0.15, 0.2) is 24.3 Å². The van der Waals surface area contributed by atoms with E-state index < -0.39 is 0 Å². The van der Waals surface area contributed by atoms with Crippen molar-refractivity contribution in [1.29, 1.82) is 5.26 Å². The molecule has 1 unspecified atom stereocenters. The highest BCUT2D eigenvalue weighted by molar-refractivity contribution is 5.77. The van der Waals surface area contributed by atoms with Gasteiger partial charge < -0.3 is 14.7 Å². The summed E-state index contributed by atoms with van der Waals surface area (Å²) in [6.07, 6.45) is 0.0280. The number of nitrogens with zero attached hydrogens (tertiary/aromatic N) is 3. The summed E-state index contributed by atoms with van der Waals surface area (Å²) in [4.78, 5) is 16.1.